The van der Waals surface area contributed by atoms with Crippen LogP contribution in [0.15, 0.2) is 72.9 Å². The smallest absolute Gasteiger partial charge is 0.335 e. The molecule has 0 aliphatic heterocycles. The van der Waals surface area contributed by atoms with Crippen LogP contribution in [0.5, 0.6) is 0 Å². The third kappa shape index (κ3) is 4.57. The fourth-order valence-corrected chi connectivity index (χ4v) is 1.30. The number of hydrogen-bond donors (Lipinski definition) is 2. The van der Waals surface area contributed by atoms with E-state index in [9.17, 15) is 9.59 Å². The molecule has 0 aromatic carbocycles. The maximum Gasteiger partial charge on any atom is 0.335 e. The molecule has 0 amide bonds. The molecule has 0 unspecified atom stereocenters. The van der Waals surface area contributed by atoms with Gasteiger partial charge >= 0.3 is 11.9 Å². The van der Waals surface area contributed by atoms with Crippen molar-refractivity contribution in [3.63, 3.8) is 0 Å². The van der Waals surface area contributed by atoms with Crippen molar-refractivity contribution in [1.29, 1.82) is 0 Å². The largest absolute Gasteiger partial charge is 0.481 e. The SMILES string of the molecule is C=C(CCC(=O)O)C(=C)C(=C)C(=C)C(=C)C(=C)C(=O)O. The van der Waals surface area contributed by atoms with E-state index >= 15 is 0 Å². The highest BCUT2D eigenvalue weighted by molar-refractivity contribution is 5.93. The van der Waals surface area contributed by atoms with E-state index in [1.165, 1.54) is 0 Å². The number of hydrogen-bond acceptors (Lipinski definition) is 2. The van der Waals surface area contributed by atoms with E-state index in [4.69, 9.17) is 10.2 Å². The Kier molecular flexibility index (Phi) is 6.16. The summed E-state index contributed by atoms with van der Waals surface area (Å²) in [6, 6.07) is 0. The van der Waals surface area contributed by atoms with Crippen LogP contribution in [0.1, 0.15) is 12.8 Å². The van der Waals surface area contributed by atoms with Crippen molar-refractivity contribution in [2.45, 2.75) is 12.8 Å². The van der Waals surface area contributed by atoms with E-state index in [0.29, 0.717) is 22.3 Å². The van der Waals surface area contributed by atoms with E-state index in [2.05, 4.69) is 39.5 Å². The van der Waals surface area contributed by atoms with Gasteiger partial charge in [0.15, 0.2) is 0 Å². The molecule has 0 atom stereocenters. The molecule has 0 radical (unpaired) electrons. The van der Waals surface area contributed by atoms with Gasteiger partial charge < -0.3 is 10.2 Å². The fraction of sp³-hybridized carbons (Fsp3) is 0.125. The average Bonchev–Trinajstić information content (AvgIpc) is 2.40. The van der Waals surface area contributed by atoms with Crippen LogP contribution in [0.4, 0.5) is 0 Å². The lowest BCUT2D eigenvalue weighted by Gasteiger charge is -2.16. The van der Waals surface area contributed by atoms with Gasteiger partial charge in [0.25, 0.3) is 0 Å². The van der Waals surface area contributed by atoms with Gasteiger partial charge in [0.2, 0.25) is 0 Å². The molecule has 0 saturated carbocycles. The number of carbonyl (C=O) groups is 2. The summed E-state index contributed by atoms with van der Waals surface area (Å²) in [5.41, 5.74) is 1.56. The first-order valence-electron chi connectivity index (χ1n) is 5.68. The zero-order valence-corrected chi connectivity index (χ0v) is 11.4. The second-order valence-electron chi connectivity index (χ2n) is 4.20. The van der Waals surface area contributed by atoms with Gasteiger partial charge in [0, 0.05) is 6.42 Å². The van der Waals surface area contributed by atoms with Crippen molar-refractivity contribution in [3.8, 4) is 0 Å². The molecule has 0 rings (SSSR count). The minimum absolute atomic E-state index is 0.0691. The average molecular weight is 274 g/mol. The molecule has 0 aliphatic carbocycles. The molecule has 106 valence electrons. The molecule has 0 aliphatic rings. The summed E-state index contributed by atoms with van der Waals surface area (Å²) >= 11 is 0. The molecule has 0 fully saturated rings. The highest BCUT2D eigenvalue weighted by Crippen LogP contribution is 2.29. The molecule has 2 N–H and O–H groups in total. The Morgan fingerprint density at radius 3 is 1.45 bits per heavy atom. The summed E-state index contributed by atoms with van der Waals surface area (Å²) in [6.45, 7) is 22.0. The van der Waals surface area contributed by atoms with Crippen LogP contribution in [0.2, 0.25) is 0 Å². The van der Waals surface area contributed by atoms with Gasteiger partial charge in [-0.3, -0.25) is 4.79 Å². The molecule has 4 heteroatoms. The molecule has 0 bridgehead atoms. The van der Waals surface area contributed by atoms with Gasteiger partial charge in [-0.25, -0.2) is 4.79 Å². The monoisotopic (exact) mass is 274 g/mol. The minimum Gasteiger partial charge on any atom is -0.481 e. The summed E-state index contributed by atoms with van der Waals surface area (Å²) in [6.07, 6.45) is 0.160. The highest BCUT2D eigenvalue weighted by atomic mass is 16.4. The number of rotatable bonds is 9. The third-order valence-electron chi connectivity index (χ3n) is 2.78. The number of carboxylic acid groups (broad SMARTS) is 2. The molecular weight excluding hydrogens is 256 g/mol. The molecule has 4 nitrogen and oxygen atoms in total. The van der Waals surface area contributed by atoms with Crippen LogP contribution in [-0.4, -0.2) is 22.2 Å². The Hall–Kier alpha value is -2.62. The minimum atomic E-state index is -1.20. The summed E-state index contributed by atoms with van der Waals surface area (Å²) in [5, 5.41) is 17.5. The first kappa shape index (κ1) is 17.4. The normalized spacial score (nSPS) is 9.40. The molecule has 0 aromatic rings. The van der Waals surface area contributed by atoms with Crippen LogP contribution in [0.3, 0.4) is 0 Å². The van der Waals surface area contributed by atoms with Crippen LogP contribution >= 0.6 is 0 Å². The van der Waals surface area contributed by atoms with Gasteiger partial charge in [0.05, 0.1) is 5.57 Å². The van der Waals surface area contributed by atoms with E-state index in [1.807, 2.05) is 0 Å². The van der Waals surface area contributed by atoms with Crippen molar-refractivity contribution >= 4 is 11.9 Å². The predicted octanol–water partition coefficient (Wildman–Crippen LogP) is 3.27. The lowest BCUT2D eigenvalue weighted by atomic mass is 9.88. The lowest BCUT2D eigenvalue weighted by Crippen LogP contribution is -2.05. The molecule has 0 spiro atoms. The zero-order chi connectivity index (χ0) is 16.0. The van der Waals surface area contributed by atoms with Crippen molar-refractivity contribution in [2.75, 3.05) is 0 Å². The quantitative estimate of drug-likeness (QED) is 0.500. The first-order chi connectivity index (χ1) is 9.09. The third-order valence-corrected chi connectivity index (χ3v) is 2.78. The van der Waals surface area contributed by atoms with Gasteiger partial charge in [-0.2, -0.15) is 0 Å². The Bertz CT molecular complexity index is 547. The van der Waals surface area contributed by atoms with Crippen LogP contribution in [0, 0.1) is 0 Å². The highest BCUT2D eigenvalue weighted by Gasteiger charge is 2.16. The summed E-state index contributed by atoms with van der Waals surface area (Å²) < 4.78 is 0. The molecular formula is C16H18O4. The van der Waals surface area contributed by atoms with Crippen molar-refractivity contribution < 1.29 is 19.8 Å². The van der Waals surface area contributed by atoms with Crippen molar-refractivity contribution in [1.82, 2.24) is 0 Å². The number of aliphatic carboxylic acids is 2. The Labute approximate surface area is 118 Å². The lowest BCUT2D eigenvalue weighted by molar-refractivity contribution is -0.137. The molecule has 0 saturated heterocycles. The Morgan fingerprint density at radius 1 is 0.650 bits per heavy atom. The van der Waals surface area contributed by atoms with E-state index in [0.717, 1.165) is 0 Å². The topological polar surface area (TPSA) is 74.6 Å². The zero-order valence-electron chi connectivity index (χ0n) is 11.4. The van der Waals surface area contributed by atoms with E-state index in [1.54, 1.807) is 0 Å². The van der Waals surface area contributed by atoms with Gasteiger partial charge in [-0.05, 0) is 34.3 Å². The van der Waals surface area contributed by atoms with Gasteiger partial charge in [0.1, 0.15) is 0 Å². The number of carboxylic acids is 2. The Balaban J connectivity index is 4.86. The maximum atomic E-state index is 10.8. The first-order valence-corrected chi connectivity index (χ1v) is 5.68. The summed E-state index contributed by atoms with van der Waals surface area (Å²) in [4.78, 5) is 21.3. The predicted molar refractivity (Wildman–Crippen MR) is 79.3 cm³/mol. The second kappa shape index (κ2) is 7.09. The Morgan fingerprint density at radius 2 is 1.05 bits per heavy atom. The van der Waals surface area contributed by atoms with Crippen molar-refractivity contribution in [2.24, 2.45) is 0 Å². The fourth-order valence-electron chi connectivity index (χ4n) is 1.30. The molecule has 0 heterocycles. The summed E-state index contributed by atoms with van der Waals surface area (Å²) in [5.74, 6) is -2.13. The molecule has 0 aromatic heterocycles. The van der Waals surface area contributed by atoms with Crippen LogP contribution in [0.25, 0.3) is 0 Å². The second-order valence-corrected chi connectivity index (χ2v) is 4.20. The van der Waals surface area contributed by atoms with Gasteiger partial charge in [-0.15, -0.1) is 0 Å². The van der Waals surface area contributed by atoms with E-state index < -0.39 is 11.9 Å². The maximum absolute atomic E-state index is 10.8. The standard InChI is InChI=1S/C16H18O4/c1-9(7-8-15(17)18)10(2)11(3)12(4)13(5)14(6)16(19)20/h1-8H2,(H,17,18)(H,19,20). The summed E-state index contributed by atoms with van der Waals surface area (Å²) in [7, 11) is 0. The van der Waals surface area contributed by atoms with Crippen LogP contribution < -0.4 is 0 Å². The van der Waals surface area contributed by atoms with Crippen LogP contribution in [-0.2, 0) is 9.59 Å². The number of allylic oxidation sites excluding steroid dienone is 4. The van der Waals surface area contributed by atoms with Gasteiger partial charge in [-0.1, -0.05) is 39.5 Å². The van der Waals surface area contributed by atoms with Crippen molar-refractivity contribution in [3.05, 3.63) is 72.9 Å². The van der Waals surface area contributed by atoms with E-state index in [-0.39, 0.29) is 24.0 Å². The molecule has 20 heavy (non-hydrogen) atoms.